The zero-order valence-corrected chi connectivity index (χ0v) is 25.0. The maximum absolute atomic E-state index is 13.8. The molecule has 0 aliphatic carbocycles. The molecule has 3 aromatic rings. The second-order valence-corrected chi connectivity index (χ2v) is 12.3. The standard InChI is InChI=1S/C33H34N6O4S/c34-28(40)13-16-36-32(42)27-20-22-14-19-39(26-8-2-1-6-24(26)29(22)44-27)33(43)21-9-11-23(12-10-21)37-31(41)25-7-5-15-35-30(25)38-17-3-4-18-38/h1-2,5-12,15,20,22,29H,3-4,13-14,16-19H2,(H2,34,40)(H,36,42)(H,37,41)/t22?,29-/m0/s1. The Morgan fingerprint density at radius 2 is 1.70 bits per heavy atom. The predicted octanol–water partition coefficient (Wildman–Crippen LogP) is 4.26. The maximum atomic E-state index is 13.8. The summed E-state index contributed by atoms with van der Waals surface area (Å²) >= 11 is 1.49. The fourth-order valence-corrected chi connectivity index (χ4v) is 7.40. The predicted molar refractivity (Wildman–Crippen MR) is 172 cm³/mol. The van der Waals surface area contributed by atoms with E-state index in [1.807, 2.05) is 30.3 Å². The molecular weight excluding hydrogens is 576 g/mol. The molecule has 226 valence electrons. The number of benzene rings is 2. The van der Waals surface area contributed by atoms with Gasteiger partial charge in [-0.2, -0.15) is 0 Å². The highest BCUT2D eigenvalue weighted by Crippen LogP contribution is 2.53. The van der Waals surface area contributed by atoms with Gasteiger partial charge in [0.1, 0.15) is 5.82 Å². The van der Waals surface area contributed by atoms with Crippen LogP contribution in [0.25, 0.3) is 0 Å². The Hall–Kier alpha value is -4.64. The van der Waals surface area contributed by atoms with Crippen molar-refractivity contribution in [2.45, 2.75) is 30.9 Å². The molecule has 4 N–H and O–H groups in total. The molecule has 0 bridgehead atoms. The van der Waals surface area contributed by atoms with Gasteiger partial charge in [0, 0.05) is 61.0 Å². The van der Waals surface area contributed by atoms with Crippen LogP contribution in [0.2, 0.25) is 0 Å². The molecule has 3 aliphatic rings. The fourth-order valence-electron chi connectivity index (χ4n) is 5.98. The molecule has 4 heterocycles. The van der Waals surface area contributed by atoms with Crippen molar-refractivity contribution >= 4 is 52.6 Å². The number of primary amides is 1. The number of nitrogens with zero attached hydrogens (tertiary/aromatic N) is 3. The molecule has 2 aromatic carbocycles. The molecule has 0 saturated carbocycles. The second-order valence-electron chi connectivity index (χ2n) is 11.1. The van der Waals surface area contributed by atoms with E-state index < -0.39 is 5.91 Å². The number of nitrogens with one attached hydrogen (secondary N) is 2. The summed E-state index contributed by atoms with van der Waals surface area (Å²) in [6.07, 6.45) is 6.64. The van der Waals surface area contributed by atoms with Crippen LogP contribution in [0, 0.1) is 5.92 Å². The first kappa shape index (κ1) is 29.4. The SMILES string of the molecule is NC(=O)CCNC(=O)C1=CC2CCN(C(=O)c3ccc(NC(=O)c4cccnc4N4CCCC4)cc3)c3ccccc3[C@H]2S1. The van der Waals surface area contributed by atoms with Crippen molar-refractivity contribution in [2.75, 3.05) is 41.3 Å². The van der Waals surface area contributed by atoms with E-state index >= 15 is 0 Å². The third-order valence-corrected chi connectivity index (χ3v) is 9.61. The molecule has 10 nitrogen and oxygen atoms in total. The van der Waals surface area contributed by atoms with Gasteiger partial charge in [-0.1, -0.05) is 24.3 Å². The Balaban J connectivity index is 1.15. The number of nitrogens with two attached hydrogens (primary N) is 1. The van der Waals surface area contributed by atoms with Crippen molar-refractivity contribution in [3.05, 3.63) is 94.5 Å². The zero-order valence-electron chi connectivity index (χ0n) is 24.2. The molecule has 1 fully saturated rings. The van der Waals surface area contributed by atoms with Gasteiger partial charge < -0.3 is 26.2 Å². The van der Waals surface area contributed by atoms with Gasteiger partial charge in [0.25, 0.3) is 17.7 Å². The van der Waals surface area contributed by atoms with Crippen LogP contribution < -0.4 is 26.2 Å². The lowest BCUT2D eigenvalue weighted by Gasteiger charge is -2.24. The summed E-state index contributed by atoms with van der Waals surface area (Å²) in [4.78, 5) is 59.8. The van der Waals surface area contributed by atoms with Crippen molar-refractivity contribution in [1.82, 2.24) is 10.3 Å². The van der Waals surface area contributed by atoms with Crippen LogP contribution in [0.4, 0.5) is 17.2 Å². The summed E-state index contributed by atoms with van der Waals surface area (Å²) in [5, 5.41) is 5.72. The number of carbonyl (C=O) groups is 4. The minimum absolute atomic E-state index is 0.00333. The fraction of sp³-hybridized carbons (Fsp3) is 0.303. The number of amides is 4. The molecule has 6 rings (SSSR count). The Morgan fingerprint density at radius 1 is 0.932 bits per heavy atom. The quantitative estimate of drug-likeness (QED) is 0.347. The summed E-state index contributed by atoms with van der Waals surface area (Å²) < 4.78 is 0. The average molecular weight is 611 g/mol. The van der Waals surface area contributed by atoms with Crippen LogP contribution >= 0.6 is 11.8 Å². The highest BCUT2D eigenvalue weighted by Gasteiger charge is 2.38. The van der Waals surface area contributed by atoms with E-state index in [1.54, 1.807) is 47.5 Å². The number of hydrogen-bond donors (Lipinski definition) is 3. The highest BCUT2D eigenvalue weighted by atomic mass is 32.2. The summed E-state index contributed by atoms with van der Waals surface area (Å²) in [5.74, 6) is -0.263. The van der Waals surface area contributed by atoms with Gasteiger partial charge in [-0.05, 0) is 73.2 Å². The van der Waals surface area contributed by atoms with Crippen molar-refractivity contribution < 1.29 is 19.2 Å². The van der Waals surface area contributed by atoms with Gasteiger partial charge in [0.15, 0.2) is 0 Å². The van der Waals surface area contributed by atoms with Crippen LogP contribution in [0.1, 0.15) is 57.2 Å². The Bertz CT molecular complexity index is 1620. The van der Waals surface area contributed by atoms with E-state index in [-0.39, 0.29) is 41.9 Å². The molecule has 44 heavy (non-hydrogen) atoms. The number of anilines is 3. The zero-order chi connectivity index (χ0) is 30.6. The molecule has 1 unspecified atom stereocenters. The molecule has 2 atom stereocenters. The third-order valence-electron chi connectivity index (χ3n) is 8.18. The minimum atomic E-state index is -0.460. The van der Waals surface area contributed by atoms with Crippen LogP contribution in [-0.4, -0.2) is 54.8 Å². The summed E-state index contributed by atoms with van der Waals surface area (Å²) in [6.45, 7) is 2.47. The Morgan fingerprint density at radius 3 is 2.48 bits per heavy atom. The van der Waals surface area contributed by atoms with Crippen LogP contribution in [0.3, 0.4) is 0 Å². The minimum Gasteiger partial charge on any atom is -0.370 e. The lowest BCUT2D eigenvalue weighted by molar-refractivity contribution is -0.118. The summed E-state index contributed by atoms with van der Waals surface area (Å²) in [7, 11) is 0. The number of hydrogen-bond acceptors (Lipinski definition) is 7. The number of aromatic nitrogens is 1. The molecule has 1 saturated heterocycles. The monoisotopic (exact) mass is 610 g/mol. The molecule has 0 spiro atoms. The number of fused-ring (bicyclic) bond motifs is 3. The number of rotatable bonds is 8. The Labute approximate surface area is 260 Å². The molecule has 3 aliphatic heterocycles. The first-order chi connectivity index (χ1) is 21.4. The van der Waals surface area contributed by atoms with Gasteiger partial charge in [-0.3, -0.25) is 19.2 Å². The second kappa shape index (κ2) is 12.9. The maximum Gasteiger partial charge on any atom is 0.259 e. The van der Waals surface area contributed by atoms with Crippen LogP contribution in [0.15, 0.2) is 77.8 Å². The van der Waals surface area contributed by atoms with Gasteiger partial charge in [0.05, 0.1) is 10.5 Å². The van der Waals surface area contributed by atoms with Gasteiger partial charge in [-0.15, -0.1) is 11.8 Å². The Kier molecular flexibility index (Phi) is 8.65. The molecule has 1 aromatic heterocycles. The molecule has 0 radical (unpaired) electrons. The van der Waals surface area contributed by atoms with Crippen molar-refractivity contribution in [3.8, 4) is 0 Å². The van der Waals surface area contributed by atoms with E-state index in [9.17, 15) is 19.2 Å². The molecule has 4 amide bonds. The first-order valence-corrected chi connectivity index (χ1v) is 15.7. The summed E-state index contributed by atoms with van der Waals surface area (Å²) in [5.41, 5.74) is 8.65. The van der Waals surface area contributed by atoms with Gasteiger partial charge >= 0.3 is 0 Å². The van der Waals surface area contributed by atoms with Crippen molar-refractivity contribution in [1.29, 1.82) is 0 Å². The van der Waals surface area contributed by atoms with E-state index in [2.05, 4.69) is 20.5 Å². The van der Waals surface area contributed by atoms with Crippen LogP contribution in [-0.2, 0) is 9.59 Å². The highest BCUT2D eigenvalue weighted by molar-refractivity contribution is 8.04. The topological polar surface area (TPSA) is 138 Å². The number of allylic oxidation sites excluding steroid dienone is 1. The van der Waals surface area contributed by atoms with E-state index in [1.165, 1.54) is 11.8 Å². The number of thioether (sulfide) groups is 1. The lowest BCUT2D eigenvalue weighted by Crippen LogP contribution is -2.32. The van der Waals surface area contributed by atoms with Crippen molar-refractivity contribution in [3.63, 3.8) is 0 Å². The number of carbonyl (C=O) groups excluding carboxylic acids is 4. The van der Waals surface area contributed by atoms with E-state index in [0.29, 0.717) is 40.5 Å². The van der Waals surface area contributed by atoms with Gasteiger partial charge in [0.2, 0.25) is 5.91 Å². The van der Waals surface area contributed by atoms with E-state index in [0.717, 1.165) is 37.2 Å². The van der Waals surface area contributed by atoms with E-state index in [4.69, 9.17) is 5.73 Å². The molecule has 11 heteroatoms. The first-order valence-electron chi connectivity index (χ1n) is 14.9. The number of pyridine rings is 1. The van der Waals surface area contributed by atoms with Crippen molar-refractivity contribution in [2.24, 2.45) is 11.7 Å². The summed E-state index contributed by atoms with van der Waals surface area (Å²) in [6, 6.07) is 18.3. The normalized spacial score (nSPS) is 19.0. The van der Waals surface area contributed by atoms with Gasteiger partial charge in [-0.25, -0.2) is 4.98 Å². The lowest BCUT2D eigenvalue weighted by atomic mass is 9.96. The third kappa shape index (κ3) is 6.19. The largest absolute Gasteiger partial charge is 0.370 e. The number of para-hydroxylation sites is 1. The smallest absolute Gasteiger partial charge is 0.259 e. The van der Waals surface area contributed by atoms with Crippen LogP contribution in [0.5, 0.6) is 0 Å². The molecular formula is C33H34N6O4S. The average Bonchev–Trinajstić information content (AvgIpc) is 3.70.